The van der Waals surface area contributed by atoms with E-state index in [1.54, 1.807) is 6.07 Å². The molecule has 2 fully saturated rings. The van der Waals surface area contributed by atoms with Crippen molar-refractivity contribution in [2.45, 2.75) is 51.0 Å². The Morgan fingerprint density at radius 1 is 1.05 bits per heavy atom. The van der Waals surface area contributed by atoms with E-state index in [9.17, 15) is 9.18 Å². The number of halogens is 1. The van der Waals surface area contributed by atoms with Crippen LogP contribution in [0.3, 0.4) is 0 Å². The maximum atomic E-state index is 14.1. The molecule has 0 saturated heterocycles. The highest BCUT2D eigenvalue weighted by atomic mass is 19.1. The number of fused-ring (bicyclic) bond motifs is 3. The van der Waals surface area contributed by atoms with Crippen LogP contribution in [0.1, 0.15) is 54.4 Å². The lowest BCUT2D eigenvalue weighted by molar-refractivity contribution is 0.0990. The molecule has 0 spiro atoms. The largest absolute Gasteiger partial charge is 0.487 e. The lowest BCUT2D eigenvalue weighted by Crippen LogP contribution is -2.26. The molecule has 3 atom stereocenters. The summed E-state index contributed by atoms with van der Waals surface area (Å²) in [5.41, 5.74) is 1.50. The maximum absolute atomic E-state index is 14.1. The summed E-state index contributed by atoms with van der Waals surface area (Å²) in [6.07, 6.45) is 7.31. The standard InChI is InChI=1S/C17H19FO2/c18-15-8-12-3-4-16(19)14(12)9-17(15)20-13-6-10-1-2-11(5-10)7-13/h8-11,13H,1-7H2/t10-,11+,13-. The molecule has 3 heteroatoms. The predicted octanol–water partition coefficient (Wildman–Crippen LogP) is 3.91. The van der Waals surface area contributed by atoms with Gasteiger partial charge in [0.2, 0.25) is 0 Å². The highest BCUT2D eigenvalue weighted by Crippen LogP contribution is 2.43. The van der Waals surface area contributed by atoms with Gasteiger partial charge in [0.15, 0.2) is 17.3 Å². The molecule has 0 radical (unpaired) electrons. The van der Waals surface area contributed by atoms with Gasteiger partial charge in [-0.2, -0.15) is 0 Å². The van der Waals surface area contributed by atoms with Crippen LogP contribution in [-0.4, -0.2) is 11.9 Å². The number of aryl methyl sites for hydroxylation is 1. The van der Waals surface area contributed by atoms with Crippen LogP contribution < -0.4 is 4.74 Å². The molecule has 1 aromatic rings. The first-order chi connectivity index (χ1) is 9.69. The van der Waals surface area contributed by atoms with Crippen molar-refractivity contribution in [3.63, 3.8) is 0 Å². The number of hydrogen-bond donors (Lipinski definition) is 0. The van der Waals surface area contributed by atoms with Crippen molar-refractivity contribution in [2.24, 2.45) is 11.8 Å². The number of ketones is 1. The molecule has 2 nitrogen and oxygen atoms in total. The number of hydrogen-bond acceptors (Lipinski definition) is 2. The zero-order valence-electron chi connectivity index (χ0n) is 11.5. The molecule has 0 aromatic heterocycles. The van der Waals surface area contributed by atoms with E-state index in [2.05, 4.69) is 0 Å². The lowest BCUT2D eigenvalue weighted by Gasteiger charge is -2.28. The fraction of sp³-hybridized carbons (Fsp3) is 0.588. The molecule has 0 N–H and O–H groups in total. The fourth-order valence-corrected chi connectivity index (χ4v) is 4.26. The molecule has 2 bridgehead atoms. The van der Waals surface area contributed by atoms with Gasteiger partial charge in [-0.15, -0.1) is 0 Å². The van der Waals surface area contributed by atoms with Crippen molar-refractivity contribution in [1.82, 2.24) is 0 Å². The number of ether oxygens (including phenoxy) is 1. The molecular weight excluding hydrogens is 255 g/mol. The van der Waals surface area contributed by atoms with E-state index in [0.29, 0.717) is 18.4 Å². The van der Waals surface area contributed by atoms with Gasteiger partial charge in [0.25, 0.3) is 0 Å². The van der Waals surface area contributed by atoms with Gasteiger partial charge in [-0.3, -0.25) is 4.79 Å². The smallest absolute Gasteiger partial charge is 0.165 e. The van der Waals surface area contributed by atoms with Gasteiger partial charge in [0.05, 0.1) is 6.10 Å². The van der Waals surface area contributed by atoms with Gasteiger partial charge >= 0.3 is 0 Å². The van der Waals surface area contributed by atoms with Crippen LogP contribution in [0.5, 0.6) is 5.75 Å². The zero-order chi connectivity index (χ0) is 13.7. The van der Waals surface area contributed by atoms with Crippen LogP contribution in [0.4, 0.5) is 4.39 Å². The fourth-order valence-electron chi connectivity index (χ4n) is 4.26. The molecule has 0 unspecified atom stereocenters. The average molecular weight is 274 g/mol. The normalized spacial score (nSPS) is 31.4. The molecule has 0 aliphatic heterocycles. The lowest BCUT2D eigenvalue weighted by atomic mass is 9.87. The molecule has 2 saturated carbocycles. The summed E-state index contributed by atoms with van der Waals surface area (Å²) in [6, 6.07) is 3.13. The Bertz CT molecular complexity index is 554. The molecule has 0 amide bonds. The predicted molar refractivity (Wildman–Crippen MR) is 73.5 cm³/mol. The third kappa shape index (κ3) is 2.04. The summed E-state index contributed by atoms with van der Waals surface area (Å²) in [7, 11) is 0. The molecule has 1 aromatic carbocycles. The quantitative estimate of drug-likeness (QED) is 0.817. The minimum atomic E-state index is -0.309. The van der Waals surface area contributed by atoms with E-state index in [1.165, 1.54) is 25.3 Å². The second kappa shape index (κ2) is 4.57. The van der Waals surface area contributed by atoms with Gasteiger partial charge < -0.3 is 4.74 Å². The Hall–Kier alpha value is -1.38. The number of benzene rings is 1. The molecule has 3 aliphatic rings. The summed E-state index contributed by atoms with van der Waals surface area (Å²) in [5, 5.41) is 0. The summed E-state index contributed by atoms with van der Waals surface area (Å²) < 4.78 is 20.0. The van der Waals surface area contributed by atoms with Crippen LogP contribution in [0.15, 0.2) is 12.1 Å². The summed E-state index contributed by atoms with van der Waals surface area (Å²) >= 11 is 0. The van der Waals surface area contributed by atoms with Crippen LogP contribution in [-0.2, 0) is 6.42 Å². The van der Waals surface area contributed by atoms with Crippen molar-refractivity contribution in [1.29, 1.82) is 0 Å². The second-order valence-corrected chi connectivity index (χ2v) is 6.62. The molecule has 0 heterocycles. The maximum Gasteiger partial charge on any atom is 0.165 e. The van der Waals surface area contributed by atoms with Gasteiger partial charge in [0, 0.05) is 12.0 Å². The van der Waals surface area contributed by atoms with Gasteiger partial charge in [-0.25, -0.2) is 4.39 Å². The Morgan fingerprint density at radius 2 is 1.80 bits per heavy atom. The number of carbonyl (C=O) groups is 1. The van der Waals surface area contributed by atoms with Gasteiger partial charge in [0.1, 0.15) is 0 Å². The summed E-state index contributed by atoms with van der Waals surface area (Å²) in [4.78, 5) is 11.8. The highest BCUT2D eigenvalue weighted by Gasteiger charge is 2.35. The Balaban J connectivity index is 1.57. The average Bonchev–Trinajstić information content (AvgIpc) is 2.94. The number of Topliss-reactive ketones (excluding diaryl/α,β-unsaturated/α-hetero) is 1. The number of carbonyl (C=O) groups excluding carboxylic acids is 1. The van der Waals surface area contributed by atoms with Crippen LogP contribution >= 0.6 is 0 Å². The topological polar surface area (TPSA) is 26.3 Å². The minimum absolute atomic E-state index is 0.119. The van der Waals surface area contributed by atoms with Gasteiger partial charge in [-0.05, 0) is 55.2 Å². The molecular formula is C17H19FO2. The van der Waals surface area contributed by atoms with Crippen molar-refractivity contribution >= 4 is 5.78 Å². The first-order valence-electron chi connectivity index (χ1n) is 7.71. The number of rotatable bonds is 2. The first-order valence-corrected chi connectivity index (χ1v) is 7.71. The van der Waals surface area contributed by atoms with Crippen molar-refractivity contribution in [3.8, 4) is 5.75 Å². The monoisotopic (exact) mass is 274 g/mol. The van der Waals surface area contributed by atoms with Crippen molar-refractivity contribution in [2.75, 3.05) is 0 Å². The highest BCUT2D eigenvalue weighted by molar-refractivity contribution is 6.00. The SMILES string of the molecule is O=C1CCc2cc(F)c(O[C@@H]3C[C@@H]4CC[C@@H](C4)C3)cc21. The van der Waals surface area contributed by atoms with Crippen molar-refractivity contribution in [3.05, 3.63) is 29.1 Å². The third-order valence-electron chi connectivity index (χ3n) is 5.22. The van der Waals surface area contributed by atoms with Crippen molar-refractivity contribution < 1.29 is 13.9 Å². The Labute approximate surface area is 118 Å². The van der Waals surface area contributed by atoms with Gasteiger partial charge in [-0.1, -0.05) is 12.8 Å². The van der Waals surface area contributed by atoms with E-state index in [4.69, 9.17) is 4.74 Å². The summed E-state index contributed by atoms with van der Waals surface area (Å²) in [5.74, 6) is 1.62. The Morgan fingerprint density at radius 3 is 2.55 bits per heavy atom. The van der Waals surface area contributed by atoms with E-state index in [0.717, 1.165) is 30.2 Å². The molecule has 106 valence electrons. The van der Waals surface area contributed by atoms with E-state index in [1.807, 2.05) is 0 Å². The van der Waals surface area contributed by atoms with Crippen LogP contribution in [0, 0.1) is 17.7 Å². The third-order valence-corrected chi connectivity index (χ3v) is 5.22. The summed E-state index contributed by atoms with van der Waals surface area (Å²) in [6.45, 7) is 0. The van der Waals surface area contributed by atoms with Crippen LogP contribution in [0.2, 0.25) is 0 Å². The zero-order valence-corrected chi connectivity index (χ0v) is 11.5. The minimum Gasteiger partial charge on any atom is -0.487 e. The molecule has 3 aliphatic carbocycles. The first kappa shape index (κ1) is 12.4. The van der Waals surface area contributed by atoms with E-state index in [-0.39, 0.29) is 23.5 Å². The van der Waals surface area contributed by atoms with E-state index < -0.39 is 0 Å². The second-order valence-electron chi connectivity index (χ2n) is 6.62. The van der Waals surface area contributed by atoms with E-state index >= 15 is 0 Å². The molecule has 20 heavy (non-hydrogen) atoms. The van der Waals surface area contributed by atoms with Crippen LogP contribution in [0.25, 0.3) is 0 Å². The molecule has 4 rings (SSSR count). The Kier molecular flexibility index (Phi) is 2.83.